The zero-order valence-corrected chi connectivity index (χ0v) is 12.9. The van der Waals surface area contributed by atoms with Crippen molar-refractivity contribution in [3.8, 4) is 0 Å². The van der Waals surface area contributed by atoms with Crippen LogP contribution in [0.4, 0.5) is 10.7 Å². The van der Waals surface area contributed by atoms with Gasteiger partial charge in [-0.05, 0) is 13.1 Å². The van der Waals surface area contributed by atoms with Crippen molar-refractivity contribution >= 4 is 27.9 Å². The number of nitrogen functional groups attached to an aromatic ring is 1. The molecular formula is C13H23N5OS. The molecule has 0 radical (unpaired) electrons. The van der Waals surface area contributed by atoms with Crippen molar-refractivity contribution in [2.24, 2.45) is 0 Å². The molecule has 4 N–H and O–H groups in total. The van der Waals surface area contributed by atoms with E-state index in [0.717, 1.165) is 44.3 Å². The van der Waals surface area contributed by atoms with Crippen LogP contribution in [-0.4, -0.2) is 69.1 Å². The monoisotopic (exact) mass is 297 g/mol. The number of carbonyl (C=O) groups excluding carboxylic acids is 1. The zero-order valence-electron chi connectivity index (χ0n) is 12.1. The standard InChI is InChI=1S/C13H23N5OS/c1-15-13(19)12-10(14)9-11(20-12)16-3-4-18-7-5-17(2)6-8-18/h9,16H,3-8,14H2,1-2H3,(H,15,19). The Balaban J connectivity index is 1.78. The number of nitrogens with one attached hydrogen (secondary N) is 2. The summed E-state index contributed by atoms with van der Waals surface area (Å²) < 4.78 is 0. The average Bonchev–Trinajstić information content (AvgIpc) is 2.81. The van der Waals surface area contributed by atoms with Gasteiger partial charge in [0.25, 0.3) is 5.91 Å². The summed E-state index contributed by atoms with van der Waals surface area (Å²) in [5.41, 5.74) is 6.38. The maximum atomic E-state index is 11.6. The van der Waals surface area contributed by atoms with Crippen LogP contribution >= 0.6 is 11.3 Å². The molecule has 20 heavy (non-hydrogen) atoms. The molecule has 0 spiro atoms. The quantitative estimate of drug-likeness (QED) is 0.731. The maximum Gasteiger partial charge on any atom is 0.263 e. The highest BCUT2D eigenvalue weighted by atomic mass is 32.1. The van der Waals surface area contributed by atoms with Crippen LogP contribution in [-0.2, 0) is 0 Å². The fourth-order valence-corrected chi connectivity index (χ4v) is 3.14. The third kappa shape index (κ3) is 3.84. The summed E-state index contributed by atoms with van der Waals surface area (Å²) in [6, 6.07) is 1.83. The first-order valence-electron chi connectivity index (χ1n) is 6.86. The summed E-state index contributed by atoms with van der Waals surface area (Å²) in [4.78, 5) is 17.0. The van der Waals surface area contributed by atoms with E-state index in [1.165, 1.54) is 11.3 Å². The lowest BCUT2D eigenvalue weighted by Gasteiger charge is -2.32. The molecule has 0 saturated carbocycles. The molecule has 1 fully saturated rings. The predicted molar refractivity (Wildman–Crippen MR) is 84.5 cm³/mol. The van der Waals surface area contributed by atoms with Gasteiger partial charge in [0, 0.05) is 46.3 Å². The van der Waals surface area contributed by atoms with E-state index in [1.807, 2.05) is 6.07 Å². The minimum Gasteiger partial charge on any atom is -0.397 e. The second-order valence-electron chi connectivity index (χ2n) is 5.05. The number of piperazine rings is 1. The Bertz CT molecular complexity index is 454. The Morgan fingerprint density at radius 1 is 1.40 bits per heavy atom. The number of carbonyl (C=O) groups is 1. The molecule has 1 aromatic rings. The SMILES string of the molecule is CNC(=O)c1sc(NCCN2CCN(C)CC2)cc1N. The van der Waals surface area contributed by atoms with Crippen LogP contribution in [0.15, 0.2) is 6.07 Å². The van der Waals surface area contributed by atoms with Gasteiger partial charge in [0.2, 0.25) is 0 Å². The molecule has 7 heteroatoms. The molecular weight excluding hydrogens is 274 g/mol. The summed E-state index contributed by atoms with van der Waals surface area (Å²) in [6.45, 7) is 6.39. The van der Waals surface area contributed by atoms with Gasteiger partial charge < -0.3 is 21.3 Å². The molecule has 1 aliphatic rings. The predicted octanol–water partition coefficient (Wildman–Crippen LogP) is 0.349. The molecule has 2 heterocycles. The molecule has 1 amide bonds. The highest BCUT2D eigenvalue weighted by molar-refractivity contribution is 7.18. The number of likely N-dealkylation sites (N-methyl/N-ethyl adjacent to an activating group) is 1. The van der Waals surface area contributed by atoms with Crippen LogP contribution in [0.3, 0.4) is 0 Å². The van der Waals surface area contributed by atoms with Crippen LogP contribution in [0.1, 0.15) is 9.67 Å². The lowest BCUT2D eigenvalue weighted by molar-refractivity contribution is 0.0968. The Hall–Kier alpha value is -1.31. The number of hydrogen-bond donors (Lipinski definition) is 3. The van der Waals surface area contributed by atoms with E-state index < -0.39 is 0 Å². The van der Waals surface area contributed by atoms with Crippen LogP contribution in [0.2, 0.25) is 0 Å². The highest BCUT2D eigenvalue weighted by Gasteiger charge is 2.14. The first kappa shape index (κ1) is 15.1. The summed E-state index contributed by atoms with van der Waals surface area (Å²) in [5, 5.41) is 6.90. The number of nitrogens with two attached hydrogens (primary N) is 1. The molecule has 1 aromatic heterocycles. The fraction of sp³-hybridized carbons (Fsp3) is 0.615. The van der Waals surface area contributed by atoms with Crippen LogP contribution in [0.25, 0.3) is 0 Å². The summed E-state index contributed by atoms with van der Waals surface area (Å²) in [6.07, 6.45) is 0. The number of thiophene rings is 1. The average molecular weight is 297 g/mol. The number of amides is 1. The molecule has 0 atom stereocenters. The Morgan fingerprint density at radius 2 is 2.10 bits per heavy atom. The van der Waals surface area contributed by atoms with Crippen LogP contribution < -0.4 is 16.4 Å². The normalized spacial score (nSPS) is 17.1. The van der Waals surface area contributed by atoms with Crippen molar-refractivity contribution in [2.45, 2.75) is 0 Å². The maximum absolute atomic E-state index is 11.6. The number of rotatable bonds is 5. The molecule has 6 nitrogen and oxygen atoms in total. The molecule has 0 aromatic carbocycles. The van der Waals surface area contributed by atoms with Crippen molar-refractivity contribution in [2.75, 3.05) is 64.4 Å². The second-order valence-corrected chi connectivity index (χ2v) is 6.10. The first-order chi connectivity index (χ1) is 9.60. The Kier molecular flexibility index (Phi) is 5.22. The van der Waals surface area contributed by atoms with E-state index >= 15 is 0 Å². The van der Waals surface area contributed by atoms with Gasteiger partial charge in [-0.25, -0.2) is 0 Å². The van der Waals surface area contributed by atoms with Crippen molar-refractivity contribution in [3.05, 3.63) is 10.9 Å². The van der Waals surface area contributed by atoms with E-state index in [9.17, 15) is 4.79 Å². The minimum absolute atomic E-state index is 0.125. The van der Waals surface area contributed by atoms with E-state index in [0.29, 0.717) is 10.6 Å². The fourth-order valence-electron chi connectivity index (χ4n) is 2.19. The third-order valence-corrected chi connectivity index (χ3v) is 4.62. The molecule has 0 bridgehead atoms. The molecule has 1 aliphatic heterocycles. The van der Waals surface area contributed by atoms with E-state index in [1.54, 1.807) is 7.05 Å². The smallest absolute Gasteiger partial charge is 0.263 e. The number of nitrogens with zero attached hydrogens (tertiary/aromatic N) is 2. The molecule has 0 aliphatic carbocycles. The van der Waals surface area contributed by atoms with Crippen molar-refractivity contribution < 1.29 is 4.79 Å². The van der Waals surface area contributed by atoms with E-state index in [-0.39, 0.29) is 5.91 Å². The lowest BCUT2D eigenvalue weighted by atomic mass is 10.3. The van der Waals surface area contributed by atoms with E-state index in [4.69, 9.17) is 5.73 Å². The van der Waals surface area contributed by atoms with Crippen LogP contribution in [0.5, 0.6) is 0 Å². The zero-order chi connectivity index (χ0) is 14.5. The number of hydrogen-bond acceptors (Lipinski definition) is 6. The van der Waals surface area contributed by atoms with E-state index in [2.05, 4.69) is 27.5 Å². The van der Waals surface area contributed by atoms with Gasteiger partial charge >= 0.3 is 0 Å². The molecule has 0 unspecified atom stereocenters. The minimum atomic E-state index is -0.125. The highest BCUT2D eigenvalue weighted by Crippen LogP contribution is 2.28. The van der Waals surface area contributed by atoms with Gasteiger partial charge in [0.05, 0.1) is 10.7 Å². The van der Waals surface area contributed by atoms with Gasteiger partial charge in [-0.3, -0.25) is 9.69 Å². The largest absolute Gasteiger partial charge is 0.397 e. The molecule has 2 rings (SSSR count). The van der Waals surface area contributed by atoms with Gasteiger partial charge in [-0.1, -0.05) is 0 Å². The van der Waals surface area contributed by atoms with Gasteiger partial charge in [0.15, 0.2) is 0 Å². The first-order valence-corrected chi connectivity index (χ1v) is 7.68. The van der Waals surface area contributed by atoms with Gasteiger partial charge in [0.1, 0.15) is 4.88 Å². The van der Waals surface area contributed by atoms with Gasteiger partial charge in [-0.2, -0.15) is 0 Å². The van der Waals surface area contributed by atoms with Crippen molar-refractivity contribution in [1.82, 2.24) is 15.1 Å². The Labute approximate surface area is 123 Å². The number of anilines is 2. The summed E-state index contributed by atoms with van der Waals surface area (Å²) >= 11 is 1.40. The Morgan fingerprint density at radius 3 is 2.75 bits per heavy atom. The summed E-state index contributed by atoms with van der Waals surface area (Å²) in [5.74, 6) is -0.125. The lowest BCUT2D eigenvalue weighted by Crippen LogP contribution is -2.45. The van der Waals surface area contributed by atoms with Gasteiger partial charge in [-0.15, -0.1) is 11.3 Å². The van der Waals surface area contributed by atoms with Crippen molar-refractivity contribution in [1.29, 1.82) is 0 Å². The summed E-state index contributed by atoms with van der Waals surface area (Å²) in [7, 11) is 3.77. The third-order valence-electron chi connectivity index (χ3n) is 3.52. The second kappa shape index (κ2) is 6.92. The molecule has 112 valence electrons. The van der Waals surface area contributed by atoms with Crippen LogP contribution in [0, 0.1) is 0 Å². The molecule has 1 saturated heterocycles. The topological polar surface area (TPSA) is 73.6 Å². The van der Waals surface area contributed by atoms with Crippen molar-refractivity contribution in [3.63, 3.8) is 0 Å².